The number of piperidine rings is 1. The number of carbonyl (C=O) groups excluding carboxylic acids is 1. The highest BCUT2D eigenvalue weighted by Crippen LogP contribution is 2.33. The first-order valence-electron chi connectivity index (χ1n) is 6.55. The van der Waals surface area contributed by atoms with E-state index in [0.717, 1.165) is 0 Å². The molecule has 4 atom stereocenters. The molecule has 19 heavy (non-hydrogen) atoms. The topological polar surface area (TPSA) is 72.3 Å². The summed E-state index contributed by atoms with van der Waals surface area (Å²) < 4.78 is 39.6. The van der Waals surface area contributed by atoms with Gasteiger partial charge in [0.2, 0.25) is 5.91 Å². The molecule has 0 aromatic carbocycles. The van der Waals surface area contributed by atoms with Gasteiger partial charge < -0.3 is 11.5 Å². The Hall–Kier alpha value is -0.820. The lowest BCUT2D eigenvalue weighted by Crippen LogP contribution is -2.61. The summed E-state index contributed by atoms with van der Waals surface area (Å²) in [5.41, 5.74) is 10.9. The zero-order valence-electron chi connectivity index (χ0n) is 11.3. The Morgan fingerprint density at radius 3 is 2.42 bits per heavy atom. The Morgan fingerprint density at radius 2 is 2.00 bits per heavy atom. The van der Waals surface area contributed by atoms with Crippen LogP contribution in [0.15, 0.2) is 0 Å². The Bertz CT molecular complexity index is 322. The minimum Gasteiger partial charge on any atom is -0.369 e. The Morgan fingerprint density at radius 1 is 1.42 bits per heavy atom. The summed E-state index contributed by atoms with van der Waals surface area (Å²) in [5, 5.41) is 0. The molecule has 7 heteroatoms. The summed E-state index contributed by atoms with van der Waals surface area (Å²) in [5.74, 6) is -1.06. The van der Waals surface area contributed by atoms with E-state index in [4.69, 9.17) is 11.5 Å². The SMILES string of the molecule is CCC(N)C(N1CC(C(N)=O)CCC1C)C(F)(F)F. The number of likely N-dealkylation sites (tertiary alicyclic amines) is 1. The third kappa shape index (κ3) is 3.82. The average Bonchev–Trinajstić information content (AvgIpc) is 2.29. The normalized spacial score (nSPS) is 28.9. The molecule has 0 bridgehead atoms. The molecule has 0 aromatic heterocycles. The molecule has 1 amide bonds. The van der Waals surface area contributed by atoms with E-state index in [0.29, 0.717) is 12.8 Å². The van der Waals surface area contributed by atoms with Gasteiger partial charge in [0.15, 0.2) is 0 Å². The molecular weight excluding hydrogens is 259 g/mol. The van der Waals surface area contributed by atoms with E-state index >= 15 is 0 Å². The molecule has 0 aliphatic carbocycles. The molecule has 1 aliphatic heterocycles. The minimum atomic E-state index is -4.40. The van der Waals surface area contributed by atoms with E-state index in [2.05, 4.69) is 0 Å². The van der Waals surface area contributed by atoms with Crippen LogP contribution >= 0.6 is 0 Å². The molecule has 0 radical (unpaired) electrons. The molecule has 4 N–H and O–H groups in total. The lowest BCUT2D eigenvalue weighted by Gasteiger charge is -2.44. The number of halogens is 3. The first kappa shape index (κ1) is 16.2. The van der Waals surface area contributed by atoms with Crippen LogP contribution in [0.2, 0.25) is 0 Å². The van der Waals surface area contributed by atoms with E-state index in [9.17, 15) is 18.0 Å². The number of alkyl halides is 3. The number of amides is 1. The summed E-state index contributed by atoms with van der Waals surface area (Å²) in [4.78, 5) is 12.5. The number of carbonyl (C=O) groups is 1. The number of nitrogens with two attached hydrogens (primary N) is 2. The third-order valence-electron chi connectivity index (χ3n) is 3.90. The molecule has 112 valence electrons. The van der Waals surface area contributed by atoms with E-state index in [1.54, 1.807) is 13.8 Å². The van der Waals surface area contributed by atoms with Crippen molar-refractivity contribution < 1.29 is 18.0 Å². The van der Waals surface area contributed by atoms with Gasteiger partial charge in [-0.05, 0) is 26.2 Å². The monoisotopic (exact) mass is 281 g/mol. The smallest absolute Gasteiger partial charge is 0.369 e. The standard InChI is InChI=1S/C12H22F3N3O/c1-3-9(16)10(12(13,14)15)18-6-8(11(17)19)5-4-7(18)2/h7-10H,3-6,16H2,1-2H3,(H2,17,19). The van der Waals surface area contributed by atoms with Crippen molar-refractivity contribution in [2.45, 2.75) is 57.4 Å². The van der Waals surface area contributed by atoms with Crippen LogP contribution < -0.4 is 11.5 Å². The van der Waals surface area contributed by atoms with Crippen molar-refractivity contribution in [2.24, 2.45) is 17.4 Å². The second-order valence-corrected chi connectivity index (χ2v) is 5.28. The molecule has 4 nitrogen and oxygen atoms in total. The van der Waals surface area contributed by atoms with Gasteiger partial charge in [-0.2, -0.15) is 13.2 Å². The van der Waals surface area contributed by atoms with Crippen molar-refractivity contribution in [2.75, 3.05) is 6.54 Å². The molecule has 1 aliphatic rings. The van der Waals surface area contributed by atoms with Crippen molar-refractivity contribution in [1.29, 1.82) is 0 Å². The first-order chi connectivity index (χ1) is 8.68. The van der Waals surface area contributed by atoms with Crippen molar-refractivity contribution in [3.63, 3.8) is 0 Å². The van der Waals surface area contributed by atoms with Crippen LogP contribution in [0.5, 0.6) is 0 Å². The number of primary amides is 1. The Kier molecular flexibility index (Phi) is 5.20. The van der Waals surface area contributed by atoms with Crippen molar-refractivity contribution in [3.8, 4) is 0 Å². The van der Waals surface area contributed by atoms with Crippen molar-refractivity contribution >= 4 is 5.91 Å². The van der Waals surface area contributed by atoms with Crippen LogP contribution in [0.1, 0.15) is 33.1 Å². The summed E-state index contributed by atoms with van der Waals surface area (Å²) >= 11 is 0. The van der Waals surface area contributed by atoms with Gasteiger partial charge in [-0.1, -0.05) is 6.92 Å². The number of hydrogen-bond donors (Lipinski definition) is 2. The highest BCUT2D eigenvalue weighted by atomic mass is 19.4. The average molecular weight is 281 g/mol. The summed E-state index contributed by atoms with van der Waals surface area (Å²) in [6, 6.07) is -2.96. The quantitative estimate of drug-likeness (QED) is 0.814. The molecule has 1 rings (SSSR count). The fourth-order valence-electron chi connectivity index (χ4n) is 2.65. The maximum Gasteiger partial charge on any atom is 0.405 e. The second kappa shape index (κ2) is 6.09. The fraction of sp³-hybridized carbons (Fsp3) is 0.917. The summed E-state index contributed by atoms with van der Waals surface area (Å²) in [6.07, 6.45) is -3.10. The van der Waals surface area contributed by atoms with Gasteiger partial charge in [-0.25, -0.2) is 0 Å². The van der Waals surface area contributed by atoms with Gasteiger partial charge in [0, 0.05) is 18.6 Å². The van der Waals surface area contributed by atoms with Crippen LogP contribution in [-0.4, -0.2) is 41.7 Å². The molecular formula is C12H22F3N3O. The lowest BCUT2D eigenvalue weighted by molar-refractivity contribution is -0.200. The van der Waals surface area contributed by atoms with E-state index in [-0.39, 0.29) is 19.0 Å². The van der Waals surface area contributed by atoms with E-state index < -0.39 is 30.1 Å². The van der Waals surface area contributed by atoms with Crippen LogP contribution in [0.4, 0.5) is 13.2 Å². The van der Waals surface area contributed by atoms with Crippen LogP contribution in [0.3, 0.4) is 0 Å². The highest BCUT2D eigenvalue weighted by molar-refractivity contribution is 5.77. The predicted molar refractivity (Wildman–Crippen MR) is 66.2 cm³/mol. The van der Waals surface area contributed by atoms with Gasteiger partial charge in [0.05, 0.1) is 5.92 Å². The maximum atomic E-state index is 13.2. The second-order valence-electron chi connectivity index (χ2n) is 5.28. The van der Waals surface area contributed by atoms with Gasteiger partial charge in [-0.3, -0.25) is 9.69 Å². The van der Waals surface area contributed by atoms with Crippen molar-refractivity contribution in [3.05, 3.63) is 0 Å². The van der Waals surface area contributed by atoms with Crippen molar-refractivity contribution in [1.82, 2.24) is 4.90 Å². The Balaban J connectivity index is 2.95. The zero-order valence-corrected chi connectivity index (χ0v) is 11.3. The van der Waals surface area contributed by atoms with Gasteiger partial charge >= 0.3 is 6.18 Å². The van der Waals surface area contributed by atoms with Gasteiger partial charge in [0.25, 0.3) is 0 Å². The number of hydrogen-bond acceptors (Lipinski definition) is 3. The molecule has 0 aromatic rings. The van der Waals surface area contributed by atoms with E-state index in [1.165, 1.54) is 4.90 Å². The lowest BCUT2D eigenvalue weighted by atomic mass is 9.89. The number of nitrogens with zero attached hydrogens (tertiary/aromatic N) is 1. The van der Waals surface area contributed by atoms with Gasteiger partial charge in [-0.15, -0.1) is 0 Å². The third-order valence-corrected chi connectivity index (χ3v) is 3.90. The summed E-state index contributed by atoms with van der Waals surface area (Å²) in [6.45, 7) is 3.40. The molecule has 4 unspecified atom stereocenters. The zero-order chi connectivity index (χ0) is 14.8. The molecule has 1 fully saturated rings. The molecule has 1 saturated heterocycles. The minimum absolute atomic E-state index is 0.0361. The number of rotatable bonds is 4. The largest absolute Gasteiger partial charge is 0.405 e. The summed E-state index contributed by atoms with van der Waals surface area (Å²) in [7, 11) is 0. The highest BCUT2D eigenvalue weighted by Gasteiger charge is 2.49. The first-order valence-corrected chi connectivity index (χ1v) is 6.55. The fourth-order valence-corrected chi connectivity index (χ4v) is 2.65. The van der Waals surface area contributed by atoms with Crippen LogP contribution in [0, 0.1) is 5.92 Å². The van der Waals surface area contributed by atoms with Crippen LogP contribution in [0.25, 0.3) is 0 Å². The predicted octanol–water partition coefficient (Wildman–Crippen LogP) is 1.24. The van der Waals surface area contributed by atoms with Gasteiger partial charge in [0.1, 0.15) is 6.04 Å². The maximum absolute atomic E-state index is 13.2. The van der Waals surface area contributed by atoms with E-state index in [1.807, 2.05) is 0 Å². The molecule has 0 spiro atoms. The molecule has 0 saturated carbocycles. The Labute approximate surface area is 111 Å². The molecule has 1 heterocycles. The van der Waals surface area contributed by atoms with Crippen LogP contribution in [-0.2, 0) is 4.79 Å².